The van der Waals surface area contributed by atoms with E-state index in [0.717, 1.165) is 46.9 Å². The Kier molecular flexibility index (Phi) is 3.98. The van der Waals surface area contributed by atoms with Gasteiger partial charge in [-0.25, -0.2) is 0 Å². The van der Waals surface area contributed by atoms with Crippen LogP contribution in [0, 0.1) is 0 Å². The number of anilines is 1. The normalized spacial score (nSPS) is 13.6. The second-order valence-corrected chi connectivity index (χ2v) is 6.21. The average Bonchev–Trinajstić information content (AvgIpc) is 3.13. The van der Waals surface area contributed by atoms with Crippen molar-refractivity contribution in [1.29, 1.82) is 0 Å². The number of fused-ring (bicyclic) bond motifs is 1. The molecule has 25 heavy (non-hydrogen) atoms. The van der Waals surface area contributed by atoms with E-state index < -0.39 is 0 Å². The summed E-state index contributed by atoms with van der Waals surface area (Å²) in [5.74, 6) is 1.76. The number of furan rings is 1. The second kappa shape index (κ2) is 6.43. The van der Waals surface area contributed by atoms with Gasteiger partial charge in [0.25, 0.3) is 5.91 Å². The average molecular weight is 333 g/mol. The third-order valence-corrected chi connectivity index (χ3v) is 4.47. The van der Waals surface area contributed by atoms with E-state index in [2.05, 4.69) is 16.4 Å². The SMILES string of the molecule is CN1CCc2cc(NCc3ccc(-c4cccnc4)o3)ccc2C1=O. The molecule has 1 aliphatic rings. The molecule has 2 aromatic heterocycles. The summed E-state index contributed by atoms with van der Waals surface area (Å²) in [6.07, 6.45) is 4.42. The summed E-state index contributed by atoms with van der Waals surface area (Å²) in [5, 5.41) is 3.37. The molecule has 0 aliphatic carbocycles. The van der Waals surface area contributed by atoms with Crippen molar-refractivity contribution < 1.29 is 9.21 Å². The van der Waals surface area contributed by atoms with Crippen molar-refractivity contribution in [3.63, 3.8) is 0 Å². The highest BCUT2D eigenvalue weighted by Crippen LogP contribution is 2.24. The van der Waals surface area contributed by atoms with Gasteiger partial charge in [-0.1, -0.05) is 0 Å². The summed E-state index contributed by atoms with van der Waals surface area (Å²) in [4.78, 5) is 18.0. The third-order valence-electron chi connectivity index (χ3n) is 4.47. The van der Waals surface area contributed by atoms with Crippen LogP contribution in [0.4, 0.5) is 5.69 Å². The van der Waals surface area contributed by atoms with Crippen LogP contribution in [-0.4, -0.2) is 29.4 Å². The van der Waals surface area contributed by atoms with E-state index in [4.69, 9.17) is 4.42 Å². The van der Waals surface area contributed by atoms with E-state index in [9.17, 15) is 4.79 Å². The lowest BCUT2D eigenvalue weighted by Crippen LogP contribution is -2.34. The maximum Gasteiger partial charge on any atom is 0.253 e. The minimum atomic E-state index is 0.0972. The zero-order chi connectivity index (χ0) is 17.2. The molecule has 5 nitrogen and oxygen atoms in total. The standard InChI is InChI=1S/C20H19N3O2/c1-23-10-8-14-11-16(4-6-18(14)20(23)24)22-13-17-5-7-19(25-17)15-3-2-9-21-12-15/h2-7,9,11-12,22H,8,10,13H2,1H3. The Hall–Kier alpha value is -3.08. The lowest BCUT2D eigenvalue weighted by molar-refractivity contribution is 0.0781. The van der Waals surface area contributed by atoms with Gasteiger partial charge in [-0.2, -0.15) is 0 Å². The summed E-state index contributed by atoms with van der Waals surface area (Å²) in [6, 6.07) is 13.7. The molecular weight excluding hydrogens is 314 g/mol. The Morgan fingerprint density at radius 3 is 3.00 bits per heavy atom. The molecule has 0 atom stereocenters. The van der Waals surface area contributed by atoms with Crippen LogP contribution < -0.4 is 5.32 Å². The van der Waals surface area contributed by atoms with Gasteiger partial charge < -0.3 is 14.6 Å². The van der Waals surface area contributed by atoms with Gasteiger partial charge in [0.15, 0.2) is 0 Å². The highest BCUT2D eigenvalue weighted by Gasteiger charge is 2.21. The van der Waals surface area contributed by atoms with Crippen LogP contribution in [0.5, 0.6) is 0 Å². The molecule has 1 aromatic carbocycles. The van der Waals surface area contributed by atoms with Gasteiger partial charge in [0.2, 0.25) is 0 Å². The molecule has 0 fully saturated rings. The monoisotopic (exact) mass is 333 g/mol. The fraction of sp³-hybridized carbons (Fsp3) is 0.200. The van der Waals surface area contributed by atoms with E-state index >= 15 is 0 Å². The largest absolute Gasteiger partial charge is 0.459 e. The van der Waals surface area contributed by atoms with E-state index in [1.807, 2.05) is 43.4 Å². The lowest BCUT2D eigenvalue weighted by Gasteiger charge is -2.25. The summed E-state index contributed by atoms with van der Waals surface area (Å²) in [5.41, 5.74) is 3.86. The number of likely N-dealkylation sites (N-methyl/N-ethyl adjacent to an activating group) is 1. The first-order chi connectivity index (χ1) is 12.2. The number of benzene rings is 1. The highest BCUT2D eigenvalue weighted by atomic mass is 16.3. The molecule has 0 unspecified atom stereocenters. The van der Waals surface area contributed by atoms with Crippen molar-refractivity contribution in [3.8, 4) is 11.3 Å². The maximum atomic E-state index is 12.1. The van der Waals surface area contributed by atoms with Gasteiger partial charge >= 0.3 is 0 Å². The predicted octanol–water partition coefficient (Wildman–Crippen LogP) is 3.58. The Morgan fingerprint density at radius 1 is 1.24 bits per heavy atom. The van der Waals surface area contributed by atoms with Gasteiger partial charge in [0, 0.05) is 42.8 Å². The number of nitrogens with one attached hydrogen (secondary N) is 1. The van der Waals surface area contributed by atoms with Gasteiger partial charge in [-0.3, -0.25) is 9.78 Å². The number of hydrogen-bond donors (Lipinski definition) is 1. The summed E-state index contributed by atoms with van der Waals surface area (Å²) < 4.78 is 5.87. The molecule has 4 rings (SSSR count). The number of pyridine rings is 1. The Morgan fingerprint density at radius 2 is 2.16 bits per heavy atom. The molecule has 1 aliphatic heterocycles. The van der Waals surface area contributed by atoms with Gasteiger partial charge in [-0.05, 0) is 54.4 Å². The highest BCUT2D eigenvalue weighted by molar-refractivity contribution is 5.97. The zero-order valence-electron chi connectivity index (χ0n) is 14.0. The van der Waals surface area contributed by atoms with Gasteiger partial charge in [0.05, 0.1) is 6.54 Å². The number of aromatic nitrogens is 1. The van der Waals surface area contributed by atoms with E-state index in [1.165, 1.54) is 0 Å². The molecule has 0 spiro atoms. The molecule has 1 amide bonds. The van der Waals surface area contributed by atoms with Crippen LogP contribution in [0.2, 0.25) is 0 Å². The first kappa shape index (κ1) is 15.4. The molecule has 5 heteroatoms. The number of carbonyl (C=O) groups is 1. The first-order valence-electron chi connectivity index (χ1n) is 8.32. The predicted molar refractivity (Wildman–Crippen MR) is 96.4 cm³/mol. The smallest absolute Gasteiger partial charge is 0.253 e. The summed E-state index contributed by atoms with van der Waals surface area (Å²) in [6.45, 7) is 1.36. The van der Waals surface area contributed by atoms with Crippen molar-refractivity contribution in [2.45, 2.75) is 13.0 Å². The Balaban J connectivity index is 1.46. The van der Waals surface area contributed by atoms with Crippen molar-refractivity contribution in [1.82, 2.24) is 9.88 Å². The quantitative estimate of drug-likeness (QED) is 0.793. The first-order valence-corrected chi connectivity index (χ1v) is 8.32. The number of nitrogens with zero attached hydrogens (tertiary/aromatic N) is 2. The van der Waals surface area contributed by atoms with Crippen molar-refractivity contribution in [2.24, 2.45) is 0 Å². The lowest BCUT2D eigenvalue weighted by atomic mass is 9.98. The topological polar surface area (TPSA) is 58.4 Å². The fourth-order valence-electron chi connectivity index (χ4n) is 3.04. The van der Waals surface area contributed by atoms with E-state index in [-0.39, 0.29) is 5.91 Å². The van der Waals surface area contributed by atoms with Gasteiger partial charge in [-0.15, -0.1) is 0 Å². The van der Waals surface area contributed by atoms with Crippen molar-refractivity contribution in [2.75, 3.05) is 18.9 Å². The number of rotatable bonds is 4. The van der Waals surface area contributed by atoms with Crippen molar-refractivity contribution in [3.05, 3.63) is 71.7 Å². The number of carbonyl (C=O) groups excluding carboxylic acids is 1. The van der Waals surface area contributed by atoms with Crippen LogP contribution in [0.15, 0.2) is 59.3 Å². The minimum Gasteiger partial charge on any atom is -0.459 e. The molecule has 0 bridgehead atoms. The Bertz CT molecular complexity index is 902. The minimum absolute atomic E-state index is 0.0972. The summed E-state index contributed by atoms with van der Waals surface area (Å²) >= 11 is 0. The van der Waals surface area contributed by atoms with Gasteiger partial charge in [0.1, 0.15) is 11.5 Å². The number of amides is 1. The van der Waals surface area contributed by atoms with Crippen LogP contribution >= 0.6 is 0 Å². The van der Waals surface area contributed by atoms with Crippen LogP contribution in [0.3, 0.4) is 0 Å². The third kappa shape index (κ3) is 3.13. The van der Waals surface area contributed by atoms with Crippen LogP contribution in [-0.2, 0) is 13.0 Å². The van der Waals surface area contributed by atoms with Crippen LogP contribution in [0.25, 0.3) is 11.3 Å². The molecular formula is C20H19N3O2. The molecule has 3 aromatic rings. The Labute approximate surface area is 146 Å². The van der Waals surface area contributed by atoms with E-state index in [0.29, 0.717) is 6.54 Å². The molecule has 3 heterocycles. The maximum absolute atomic E-state index is 12.1. The fourth-order valence-corrected chi connectivity index (χ4v) is 3.04. The van der Waals surface area contributed by atoms with Crippen molar-refractivity contribution >= 4 is 11.6 Å². The van der Waals surface area contributed by atoms with Crippen LogP contribution in [0.1, 0.15) is 21.7 Å². The molecule has 0 saturated carbocycles. The molecule has 0 saturated heterocycles. The molecule has 1 N–H and O–H groups in total. The second-order valence-electron chi connectivity index (χ2n) is 6.21. The molecule has 0 radical (unpaired) electrons. The van der Waals surface area contributed by atoms with E-state index in [1.54, 1.807) is 17.3 Å². The zero-order valence-corrected chi connectivity index (χ0v) is 14.0. The summed E-state index contributed by atoms with van der Waals surface area (Å²) in [7, 11) is 1.84. The molecule has 126 valence electrons. The number of hydrogen-bond acceptors (Lipinski definition) is 4.